The molecule has 1 amide bonds. The number of nitrogens with zero attached hydrogens (tertiary/aromatic N) is 2. The van der Waals surface area contributed by atoms with Gasteiger partial charge in [0.05, 0.1) is 5.56 Å². The van der Waals surface area contributed by atoms with Gasteiger partial charge in [-0.15, -0.1) is 11.3 Å². The summed E-state index contributed by atoms with van der Waals surface area (Å²) in [5.74, 6) is -1.11. The quantitative estimate of drug-likeness (QED) is 0.814. The second-order valence-electron chi connectivity index (χ2n) is 6.08. The Balaban J connectivity index is 1.62. The maximum absolute atomic E-state index is 12.6. The van der Waals surface area contributed by atoms with Gasteiger partial charge in [-0.2, -0.15) is 4.31 Å². The molecule has 3 heterocycles. The number of thiophene rings is 1. The summed E-state index contributed by atoms with van der Waals surface area (Å²) in [6.45, 7) is 2.33. The van der Waals surface area contributed by atoms with Crippen LogP contribution in [0.4, 0.5) is 0 Å². The van der Waals surface area contributed by atoms with E-state index in [4.69, 9.17) is 9.84 Å². The van der Waals surface area contributed by atoms with Gasteiger partial charge in [0.2, 0.25) is 5.91 Å². The molecule has 0 bridgehead atoms. The van der Waals surface area contributed by atoms with Crippen LogP contribution < -0.4 is 0 Å². The fraction of sp³-hybridized carbons (Fsp3) is 0.600. The Kier molecular flexibility index (Phi) is 5.42. The highest BCUT2D eigenvalue weighted by atomic mass is 32.2. The third-order valence-electron chi connectivity index (χ3n) is 4.54. The molecule has 0 unspecified atom stereocenters. The summed E-state index contributed by atoms with van der Waals surface area (Å²) < 4.78 is 31.9. The Hall–Kier alpha value is -1.49. The molecule has 25 heavy (non-hydrogen) atoms. The van der Waals surface area contributed by atoms with Gasteiger partial charge < -0.3 is 14.7 Å². The van der Waals surface area contributed by atoms with Crippen LogP contribution in [0.5, 0.6) is 0 Å². The minimum absolute atomic E-state index is 0.0223. The number of aromatic carboxylic acids is 1. The van der Waals surface area contributed by atoms with Crippen molar-refractivity contribution in [2.24, 2.45) is 5.92 Å². The van der Waals surface area contributed by atoms with Crippen LogP contribution in [-0.2, 0) is 19.6 Å². The smallest absolute Gasteiger partial charge is 0.336 e. The maximum atomic E-state index is 12.6. The molecule has 8 nitrogen and oxygen atoms in total. The van der Waals surface area contributed by atoms with Gasteiger partial charge >= 0.3 is 5.97 Å². The Morgan fingerprint density at radius 2 is 1.80 bits per heavy atom. The largest absolute Gasteiger partial charge is 0.478 e. The Labute approximate surface area is 150 Å². The molecular formula is C15H20N2O6S2. The number of hydrogen-bond donors (Lipinski definition) is 1. The van der Waals surface area contributed by atoms with E-state index >= 15 is 0 Å². The second kappa shape index (κ2) is 7.40. The van der Waals surface area contributed by atoms with Gasteiger partial charge in [-0.25, -0.2) is 13.2 Å². The van der Waals surface area contributed by atoms with Crippen molar-refractivity contribution in [2.75, 3.05) is 39.4 Å². The number of carboxylic acids is 1. The van der Waals surface area contributed by atoms with E-state index in [1.807, 2.05) is 0 Å². The molecule has 0 spiro atoms. The van der Waals surface area contributed by atoms with Gasteiger partial charge in [0, 0.05) is 50.7 Å². The van der Waals surface area contributed by atoms with Gasteiger partial charge in [-0.05, 0) is 18.9 Å². The third-order valence-corrected chi connectivity index (χ3v) is 7.85. The van der Waals surface area contributed by atoms with Crippen LogP contribution in [-0.4, -0.2) is 74.0 Å². The van der Waals surface area contributed by atoms with Gasteiger partial charge in [-0.1, -0.05) is 0 Å². The van der Waals surface area contributed by atoms with Crippen LogP contribution in [0.2, 0.25) is 0 Å². The number of piperazine rings is 1. The van der Waals surface area contributed by atoms with Crippen LogP contribution in [0.1, 0.15) is 23.2 Å². The average molecular weight is 388 g/mol. The van der Waals surface area contributed by atoms with E-state index in [0.29, 0.717) is 39.1 Å². The zero-order valence-corrected chi connectivity index (χ0v) is 15.2. The Morgan fingerprint density at radius 1 is 1.16 bits per heavy atom. The number of amides is 1. The summed E-state index contributed by atoms with van der Waals surface area (Å²) in [4.78, 5) is 25.1. The highest BCUT2D eigenvalue weighted by molar-refractivity contribution is 7.91. The highest BCUT2D eigenvalue weighted by Crippen LogP contribution is 2.26. The molecule has 1 aromatic heterocycles. The summed E-state index contributed by atoms with van der Waals surface area (Å²) in [6, 6.07) is 1.18. The molecule has 10 heteroatoms. The van der Waals surface area contributed by atoms with Crippen LogP contribution >= 0.6 is 11.3 Å². The van der Waals surface area contributed by atoms with Gasteiger partial charge in [0.15, 0.2) is 0 Å². The molecule has 2 aliphatic heterocycles. The number of carboxylic acid groups (broad SMARTS) is 1. The second-order valence-corrected chi connectivity index (χ2v) is 9.15. The molecule has 0 aromatic carbocycles. The number of hydrogen-bond acceptors (Lipinski definition) is 6. The molecule has 1 aromatic rings. The van der Waals surface area contributed by atoms with E-state index in [1.54, 1.807) is 4.90 Å². The predicted octanol–water partition coefficient (Wildman–Crippen LogP) is 0.706. The van der Waals surface area contributed by atoms with E-state index in [9.17, 15) is 18.0 Å². The van der Waals surface area contributed by atoms with Gasteiger partial charge in [-0.3, -0.25) is 4.79 Å². The van der Waals surface area contributed by atoms with Crippen molar-refractivity contribution >= 4 is 33.2 Å². The summed E-state index contributed by atoms with van der Waals surface area (Å²) in [6.07, 6.45) is 1.43. The number of rotatable bonds is 4. The highest BCUT2D eigenvalue weighted by Gasteiger charge is 2.33. The van der Waals surface area contributed by atoms with Crippen molar-refractivity contribution < 1.29 is 27.9 Å². The zero-order chi connectivity index (χ0) is 18.0. The summed E-state index contributed by atoms with van der Waals surface area (Å²) >= 11 is 0.903. The molecule has 2 saturated heterocycles. The normalized spacial score (nSPS) is 20.6. The van der Waals surface area contributed by atoms with Crippen molar-refractivity contribution in [3.8, 4) is 0 Å². The van der Waals surface area contributed by atoms with Crippen molar-refractivity contribution in [3.05, 3.63) is 17.0 Å². The molecule has 0 radical (unpaired) electrons. The van der Waals surface area contributed by atoms with E-state index in [-0.39, 0.29) is 34.7 Å². The van der Waals surface area contributed by atoms with Crippen molar-refractivity contribution in [1.29, 1.82) is 0 Å². The fourth-order valence-corrected chi connectivity index (χ4v) is 5.77. The topological polar surface area (TPSA) is 104 Å². The molecule has 0 aliphatic carbocycles. The van der Waals surface area contributed by atoms with Gasteiger partial charge in [0.25, 0.3) is 10.0 Å². The van der Waals surface area contributed by atoms with Crippen LogP contribution in [0.15, 0.2) is 15.7 Å². The minimum atomic E-state index is -3.72. The monoisotopic (exact) mass is 388 g/mol. The first-order valence-electron chi connectivity index (χ1n) is 8.08. The lowest BCUT2D eigenvalue weighted by molar-refractivity contribution is -0.139. The molecule has 3 rings (SSSR count). The van der Waals surface area contributed by atoms with Crippen molar-refractivity contribution in [1.82, 2.24) is 9.21 Å². The number of ether oxygens (including phenoxy) is 1. The minimum Gasteiger partial charge on any atom is -0.478 e. The predicted molar refractivity (Wildman–Crippen MR) is 90.2 cm³/mol. The lowest BCUT2D eigenvalue weighted by atomic mass is 9.98. The molecule has 2 fully saturated rings. The Bertz CT molecular complexity index is 746. The summed E-state index contributed by atoms with van der Waals surface area (Å²) in [7, 11) is -3.72. The fourth-order valence-electron chi connectivity index (χ4n) is 3.04. The number of carbonyl (C=O) groups excluding carboxylic acids is 1. The van der Waals surface area contributed by atoms with Crippen molar-refractivity contribution in [2.45, 2.75) is 17.1 Å². The third kappa shape index (κ3) is 3.86. The van der Waals surface area contributed by atoms with Gasteiger partial charge in [0.1, 0.15) is 4.21 Å². The lowest BCUT2D eigenvalue weighted by Crippen LogP contribution is -2.52. The number of sulfonamides is 1. The molecule has 138 valence electrons. The standard InChI is InChI=1S/C15H20N2O6S2/c18-14(11-1-7-23-8-2-11)16-3-5-17(6-4-16)25(21,22)13-9-12(10-24-13)15(19)20/h9-11H,1-8H2,(H,19,20). The zero-order valence-electron chi connectivity index (χ0n) is 13.6. The Morgan fingerprint density at radius 3 is 2.36 bits per heavy atom. The maximum Gasteiger partial charge on any atom is 0.336 e. The SMILES string of the molecule is O=C(O)c1csc(S(=O)(=O)N2CCN(C(=O)C3CCOCC3)CC2)c1. The van der Waals surface area contributed by atoms with E-state index in [2.05, 4.69) is 0 Å². The van der Waals surface area contributed by atoms with E-state index in [0.717, 1.165) is 11.3 Å². The molecular weight excluding hydrogens is 368 g/mol. The first-order valence-corrected chi connectivity index (χ1v) is 10.4. The van der Waals surface area contributed by atoms with Crippen LogP contribution in [0.3, 0.4) is 0 Å². The molecule has 2 aliphatic rings. The summed E-state index contributed by atoms with van der Waals surface area (Å²) in [5, 5.41) is 10.3. The van der Waals surface area contributed by atoms with Crippen molar-refractivity contribution in [3.63, 3.8) is 0 Å². The number of carbonyl (C=O) groups is 2. The summed E-state index contributed by atoms with van der Waals surface area (Å²) in [5.41, 5.74) is -0.0306. The van der Waals surface area contributed by atoms with E-state index in [1.165, 1.54) is 15.8 Å². The van der Waals surface area contributed by atoms with Crippen LogP contribution in [0.25, 0.3) is 0 Å². The molecule has 0 saturated carbocycles. The van der Waals surface area contributed by atoms with Crippen LogP contribution in [0, 0.1) is 5.92 Å². The lowest BCUT2D eigenvalue weighted by Gasteiger charge is -2.36. The molecule has 1 N–H and O–H groups in total. The first-order chi connectivity index (χ1) is 11.9. The molecule has 0 atom stereocenters. The van der Waals surface area contributed by atoms with E-state index < -0.39 is 16.0 Å². The first kappa shape index (κ1) is 18.3. The average Bonchev–Trinajstić information content (AvgIpc) is 3.13.